The maximum Gasteiger partial charge on any atom is 0.143 e. The highest BCUT2D eigenvalue weighted by molar-refractivity contribution is 5.74. The molecule has 94 valence electrons. The van der Waals surface area contributed by atoms with E-state index in [9.17, 15) is 0 Å². The monoisotopic (exact) mass is 235 g/mol. The second kappa shape index (κ2) is 4.84. The van der Waals surface area contributed by atoms with Crippen LogP contribution in [0, 0.1) is 0 Å². The van der Waals surface area contributed by atoms with Gasteiger partial charge in [0.2, 0.25) is 0 Å². The van der Waals surface area contributed by atoms with Gasteiger partial charge in [-0.3, -0.25) is 0 Å². The molecule has 0 amide bonds. The lowest BCUT2D eigenvalue weighted by atomic mass is 10.1. The van der Waals surface area contributed by atoms with E-state index < -0.39 is 0 Å². The Morgan fingerprint density at radius 3 is 2.76 bits per heavy atom. The number of hydrogen-bond acceptors (Lipinski definition) is 4. The third kappa shape index (κ3) is 2.31. The molecular formula is C13H21N3O. The minimum atomic E-state index is 0.550. The van der Waals surface area contributed by atoms with Crippen molar-refractivity contribution in [2.24, 2.45) is 0 Å². The van der Waals surface area contributed by atoms with Crippen LogP contribution in [0.5, 0.6) is 5.75 Å². The Morgan fingerprint density at radius 1 is 1.35 bits per heavy atom. The average molecular weight is 235 g/mol. The SMILES string of the molecule is COc1cccc(N2CCN(C)C(C)C2)c1N. The molecule has 1 heterocycles. The van der Waals surface area contributed by atoms with E-state index in [2.05, 4.69) is 29.8 Å². The molecule has 2 rings (SSSR count). The molecule has 1 unspecified atom stereocenters. The molecule has 17 heavy (non-hydrogen) atoms. The summed E-state index contributed by atoms with van der Waals surface area (Å²) in [6, 6.07) is 6.51. The van der Waals surface area contributed by atoms with Crippen LogP contribution in [0.15, 0.2) is 18.2 Å². The van der Waals surface area contributed by atoms with Gasteiger partial charge in [0.15, 0.2) is 0 Å². The van der Waals surface area contributed by atoms with Crippen molar-refractivity contribution in [3.63, 3.8) is 0 Å². The first kappa shape index (κ1) is 12.0. The molecule has 0 aromatic heterocycles. The minimum absolute atomic E-state index is 0.550. The Morgan fingerprint density at radius 2 is 2.12 bits per heavy atom. The number of nitrogens with two attached hydrogens (primary N) is 1. The summed E-state index contributed by atoms with van der Waals surface area (Å²) in [7, 11) is 3.82. The van der Waals surface area contributed by atoms with Crippen molar-refractivity contribution in [2.45, 2.75) is 13.0 Å². The molecule has 1 fully saturated rings. The van der Waals surface area contributed by atoms with Crippen molar-refractivity contribution in [3.05, 3.63) is 18.2 Å². The Balaban J connectivity index is 2.23. The number of piperazine rings is 1. The summed E-state index contributed by atoms with van der Waals surface area (Å²) in [6.07, 6.45) is 0. The van der Waals surface area contributed by atoms with Gasteiger partial charge in [0.05, 0.1) is 18.5 Å². The molecule has 0 spiro atoms. The maximum atomic E-state index is 6.12. The fourth-order valence-corrected chi connectivity index (χ4v) is 2.25. The summed E-state index contributed by atoms with van der Waals surface area (Å²) in [5.41, 5.74) is 7.95. The van der Waals surface area contributed by atoms with E-state index in [-0.39, 0.29) is 0 Å². The van der Waals surface area contributed by atoms with E-state index in [4.69, 9.17) is 10.5 Å². The number of benzene rings is 1. The number of likely N-dealkylation sites (N-methyl/N-ethyl adjacent to an activating group) is 1. The summed E-state index contributed by atoms with van der Waals surface area (Å²) in [6.45, 7) is 5.33. The lowest BCUT2D eigenvalue weighted by Crippen LogP contribution is -2.50. The second-order valence-electron chi connectivity index (χ2n) is 4.67. The summed E-state index contributed by atoms with van der Waals surface area (Å²) in [4.78, 5) is 4.70. The number of nitrogen functional groups attached to an aromatic ring is 1. The van der Waals surface area contributed by atoms with Gasteiger partial charge in [0, 0.05) is 25.7 Å². The highest BCUT2D eigenvalue weighted by Crippen LogP contribution is 2.32. The highest BCUT2D eigenvalue weighted by Gasteiger charge is 2.22. The fourth-order valence-electron chi connectivity index (χ4n) is 2.25. The average Bonchev–Trinajstić information content (AvgIpc) is 2.33. The molecule has 0 saturated carbocycles. The molecule has 2 N–H and O–H groups in total. The summed E-state index contributed by atoms with van der Waals surface area (Å²) in [5.74, 6) is 0.758. The van der Waals surface area contributed by atoms with Gasteiger partial charge in [0.25, 0.3) is 0 Å². The lowest BCUT2D eigenvalue weighted by Gasteiger charge is -2.39. The number of para-hydroxylation sites is 1. The van der Waals surface area contributed by atoms with Gasteiger partial charge in [-0.05, 0) is 26.1 Å². The van der Waals surface area contributed by atoms with Crippen LogP contribution in [0.2, 0.25) is 0 Å². The van der Waals surface area contributed by atoms with Crippen molar-refractivity contribution >= 4 is 11.4 Å². The van der Waals surface area contributed by atoms with Crippen molar-refractivity contribution in [2.75, 3.05) is 44.4 Å². The molecule has 1 atom stereocenters. The molecule has 0 aliphatic carbocycles. The molecule has 1 aromatic carbocycles. The van der Waals surface area contributed by atoms with E-state index in [1.807, 2.05) is 12.1 Å². The van der Waals surface area contributed by atoms with Crippen molar-refractivity contribution in [1.29, 1.82) is 0 Å². The van der Waals surface area contributed by atoms with E-state index in [0.717, 1.165) is 36.8 Å². The van der Waals surface area contributed by atoms with Crippen LogP contribution in [-0.4, -0.2) is 44.7 Å². The van der Waals surface area contributed by atoms with Crippen LogP contribution in [0.4, 0.5) is 11.4 Å². The van der Waals surface area contributed by atoms with Crippen LogP contribution in [-0.2, 0) is 0 Å². The fraction of sp³-hybridized carbons (Fsp3) is 0.538. The summed E-state index contributed by atoms with van der Waals surface area (Å²) < 4.78 is 5.26. The summed E-state index contributed by atoms with van der Waals surface area (Å²) in [5, 5.41) is 0. The normalized spacial score (nSPS) is 21.6. The van der Waals surface area contributed by atoms with Gasteiger partial charge in [-0.1, -0.05) is 6.07 Å². The van der Waals surface area contributed by atoms with Crippen LogP contribution < -0.4 is 15.4 Å². The van der Waals surface area contributed by atoms with Crippen LogP contribution in [0.1, 0.15) is 6.92 Å². The Kier molecular flexibility index (Phi) is 3.43. The largest absolute Gasteiger partial charge is 0.495 e. The first-order valence-corrected chi connectivity index (χ1v) is 6.01. The molecule has 4 heteroatoms. The minimum Gasteiger partial charge on any atom is -0.495 e. The zero-order valence-corrected chi connectivity index (χ0v) is 10.8. The van der Waals surface area contributed by atoms with Crippen LogP contribution in [0.25, 0.3) is 0 Å². The Hall–Kier alpha value is -1.42. The van der Waals surface area contributed by atoms with E-state index in [1.165, 1.54) is 0 Å². The van der Waals surface area contributed by atoms with Crippen molar-refractivity contribution in [1.82, 2.24) is 4.90 Å². The molecule has 0 radical (unpaired) electrons. The summed E-state index contributed by atoms with van der Waals surface area (Å²) >= 11 is 0. The lowest BCUT2D eigenvalue weighted by molar-refractivity contribution is 0.234. The Labute approximate surface area is 103 Å². The predicted octanol–water partition coefficient (Wildman–Crippen LogP) is 1.42. The third-order valence-electron chi connectivity index (χ3n) is 3.56. The molecule has 0 bridgehead atoms. The van der Waals surface area contributed by atoms with Gasteiger partial charge in [-0.15, -0.1) is 0 Å². The third-order valence-corrected chi connectivity index (χ3v) is 3.56. The first-order chi connectivity index (χ1) is 8.13. The smallest absolute Gasteiger partial charge is 0.143 e. The number of anilines is 2. The second-order valence-corrected chi connectivity index (χ2v) is 4.67. The first-order valence-electron chi connectivity index (χ1n) is 6.01. The van der Waals surface area contributed by atoms with Crippen molar-refractivity contribution in [3.8, 4) is 5.75 Å². The number of ether oxygens (including phenoxy) is 1. The molecule has 4 nitrogen and oxygen atoms in total. The number of nitrogens with zero attached hydrogens (tertiary/aromatic N) is 2. The van der Waals surface area contributed by atoms with Gasteiger partial charge < -0.3 is 20.3 Å². The maximum absolute atomic E-state index is 6.12. The van der Waals surface area contributed by atoms with Gasteiger partial charge >= 0.3 is 0 Å². The van der Waals surface area contributed by atoms with Gasteiger partial charge in [-0.25, -0.2) is 0 Å². The van der Waals surface area contributed by atoms with E-state index in [1.54, 1.807) is 7.11 Å². The zero-order valence-electron chi connectivity index (χ0n) is 10.8. The zero-order chi connectivity index (χ0) is 12.4. The predicted molar refractivity (Wildman–Crippen MR) is 71.7 cm³/mol. The molecule has 1 aliphatic heterocycles. The van der Waals surface area contributed by atoms with Crippen LogP contribution in [0.3, 0.4) is 0 Å². The molecular weight excluding hydrogens is 214 g/mol. The van der Waals surface area contributed by atoms with Gasteiger partial charge in [0.1, 0.15) is 5.75 Å². The molecule has 1 aliphatic rings. The van der Waals surface area contributed by atoms with Crippen molar-refractivity contribution < 1.29 is 4.74 Å². The standard InChI is InChI=1S/C13H21N3O/c1-10-9-16(8-7-15(10)2)11-5-4-6-12(17-3)13(11)14/h4-6,10H,7-9,14H2,1-3H3. The quantitative estimate of drug-likeness (QED) is 0.787. The highest BCUT2D eigenvalue weighted by atomic mass is 16.5. The number of methoxy groups -OCH3 is 1. The van der Waals surface area contributed by atoms with E-state index >= 15 is 0 Å². The van der Waals surface area contributed by atoms with E-state index in [0.29, 0.717) is 6.04 Å². The topological polar surface area (TPSA) is 41.7 Å². The number of hydrogen-bond donors (Lipinski definition) is 1. The molecule has 1 aromatic rings. The number of rotatable bonds is 2. The Bertz CT molecular complexity index is 394. The van der Waals surface area contributed by atoms with Crippen LogP contribution >= 0.6 is 0 Å². The molecule has 1 saturated heterocycles. The van der Waals surface area contributed by atoms with Gasteiger partial charge in [-0.2, -0.15) is 0 Å².